The number of ether oxygens (including phenoxy) is 1. The lowest BCUT2D eigenvalue weighted by Gasteiger charge is -2.08. The number of aromatic nitrogens is 2. The second-order valence-electron chi connectivity index (χ2n) is 5.70. The summed E-state index contributed by atoms with van der Waals surface area (Å²) in [6.45, 7) is 0. The fraction of sp³-hybridized carbons (Fsp3) is 0.158. The van der Waals surface area contributed by atoms with Gasteiger partial charge in [-0.1, -0.05) is 30.0 Å². The number of methoxy groups -OCH3 is 1. The molecular formula is C19H16N2O2S3. The molecule has 0 aliphatic carbocycles. The summed E-state index contributed by atoms with van der Waals surface area (Å²) in [6.07, 6.45) is 0. The van der Waals surface area contributed by atoms with Gasteiger partial charge in [0.1, 0.15) is 10.6 Å². The van der Waals surface area contributed by atoms with E-state index in [1.165, 1.54) is 11.3 Å². The highest BCUT2D eigenvalue weighted by atomic mass is 32.2. The first kappa shape index (κ1) is 17.3. The fourth-order valence-corrected chi connectivity index (χ4v) is 5.40. The Morgan fingerprint density at radius 3 is 2.69 bits per heavy atom. The zero-order valence-electron chi connectivity index (χ0n) is 14.3. The molecule has 0 saturated carbocycles. The van der Waals surface area contributed by atoms with E-state index in [-0.39, 0.29) is 5.56 Å². The molecule has 0 bridgehead atoms. The van der Waals surface area contributed by atoms with E-state index in [9.17, 15) is 4.79 Å². The highest BCUT2D eigenvalue weighted by Gasteiger charge is 2.16. The molecule has 0 aliphatic rings. The molecule has 0 fully saturated rings. The predicted molar refractivity (Wildman–Crippen MR) is 111 cm³/mol. The maximum Gasteiger partial charge on any atom is 0.263 e. The topological polar surface area (TPSA) is 44.1 Å². The third-order valence-corrected chi connectivity index (χ3v) is 6.96. The summed E-state index contributed by atoms with van der Waals surface area (Å²) in [6, 6.07) is 12.0. The number of hydrogen-bond donors (Lipinski definition) is 0. The second-order valence-corrected chi connectivity index (χ2v) is 8.45. The second kappa shape index (κ2) is 7.26. The van der Waals surface area contributed by atoms with E-state index in [1.54, 1.807) is 41.8 Å². The Balaban J connectivity index is 1.66. The molecular weight excluding hydrogens is 384 g/mol. The molecule has 0 N–H and O–H groups in total. The van der Waals surface area contributed by atoms with E-state index in [0.29, 0.717) is 5.39 Å². The van der Waals surface area contributed by atoms with Gasteiger partial charge in [0.25, 0.3) is 5.56 Å². The average Bonchev–Trinajstić information content (AvgIpc) is 3.33. The standard InChI is InChI=1S/C19H16N2O2S3/c1-21-18(22)16-14(15-4-3-9-24-15)11-25-17(16)20-19(21)26-10-12-5-7-13(23-2)8-6-12/h3-9,11H,10H2,1-2H3. The van der Waals surface area contributed by atoms with Crippen LogP contribution in [0.2, 0.25) is 0 Å². The molecule has 4 rings (SSSR count). The van der Waals surface area contributed by atoms with Crippen LogP contribution in [-0.4, -0.2) is 16.7 Å². The normalized spacial score (nSPS) is 11.2. The molecule has 0 radical (unpaired) electrons. The third kappa shape index (κ3) is 3.18. The van der Waals surface area contributed by atoms with Crippen LogP contribution in [0.4, 0.5) is 0 Å². The summed E-state index contributed by atoms with van der Waals surface area (Å²) in [5.74, 6) is 1.59. The van der Waals surface area contributed by atoms with Gasteiger partial charge in [0.15, 0.2) is 5.16 Å². The van der Waals surface area contributed by atoms with Gasteiger partial charge in [-0.3, -0.25) is 9.36 Å². The van der Waals surface area contributed by atoms with Crippen molar-refractivity contribution in [3.05, 3.63) is 63.1 Å². The molecule has 0 amide bonds. The van der Waals surface area contributed by atoms with E-state index < -0.39 is 0 Å². The number of thiophene rings is 2. The monoisotopic (exact) mass is 400 g/mol. The fourth-order valence-electron chi connectivity index (χ4n) is 2.67. The quantitative estimate of drug-likeness (QED) is 0.348. The maximum atomic E-state index is 12.9. The van der Waals surface area contributed by atoms with Crippen LogP contribution < -0.4 is 10.3 Å². The summed E-state index contributed by atoms with van der Waals surface area (Å²) in [5.41, 5.74) is 2.16. The largest absolute Gasteiger partial charge is 0.497 e. The van der Waals surface area contributed by atoms with Gasteiger partial charge in [0.2, 0.25) is 0 Å². The number of fused-ring (bicyclic) bond motifs is 1. The van der Waals surface area contributed by atoms with Crippen molar-refractivity contribution in [2.75, 3.05) is 7.11 Å². The Morgan fingerprint density at radius 2 is 2.00 bits per heavy atom. The molecule has 0 spiro atoms. The van der Waals surface area contributed by atoms with Gasteiger partial charge >= 0.3 is 0 Å². The van der Waals surface area contributed by atoms with Crippen LogP contribution in [0.3, 0.4) is 0 Å². The van der Waals surface area contributed by atoms with Crippen LogP contribution in [0.15, 0.2) is 57.1 Å². The van der Waals surface area contributed by atoms with Crippen molar-refractivity contribution in [3.8, 4) is 16.2 Å². The minimum Gasteiger partial charge on any atom is -0.497 e. The van der Waals surface area contributed by atoms with Crippen molar-refractivity contribution in [2.24, 2.45) is 7.05 Å². The maximum absolute atomic E-state index is 12.9. The molecule has 0 atom stereocenters. The Morgan fingerprint density at radius 1 is 1.19 bits per heavy atom. The zero-order chi connectivity index (χ0) is 18.1. The van der Waals surface area contributed by atoms with Gasteiger partial charge in [0, 0.05) is 28.6 Å². The first-order valence-corrected chi connectivity index (χ1v) is 10.7. The molecule has 7 heteroatoms. The lowest BCUT2D eigenvalue weighted by Crippen LogP contribution is -2.19. The van der Waals surface area contributed by atoms with E-state index in [2.05, 4.69) is 0 Å². The molecule has 0 aliphatic heterocycles. The SMILES string of the molecule is COc1ccc(CSc2nc3scc(-c4cccs4)c3c(=O)n2C)cc1. The molecule has 0 saturated heterocycles. The van der Waals surface area contributed by atoms with Crippen LogP contribution in [0.5, 0.6) is 5.75 Å². The van der Waals surface area contributed by atoms with E-state index in [4.69, 9.17) is 9.72 Å². The molecule has 3 heterocycles. The van der Waals surface area contributed by atoms with Gasteiger partial charge in [0.05, 0.1) is 12.5 Å². The Bertz CT molecular complexity index is 1100. The number of benzene rings is 1. The van der Waals surface area contributed by atoms with Gasteiger partial charge in [-0.2, -0.15) is 0 Å². The van der Waals surface area contributed by atoms with Crippen LogP contribution in [-0.2, 0) is 12.8 Å². The lowest BCUT2D eigenvalue weighted by atomic mass is 10.2. The van der Waals surface area contributed by atoms with Gasteiger partial charge in [-0.05, 0) is 29.1 Å². The summed E-state index contributed by atoms with van der Waals surface area (Å²) >= 11 is 4.74. The highest BCUT2D eigenvalue weighted by Crippen LogP contribution is 2.34. The van der Waals surface area contributed by atoms with E-state index in [0.717, 1.165) is 37.5 Å². The first-order chi connectivity index (χ1) is 12.7. The highest BCUT2D eigenvalue weighted by molar-refractivity contribution is 7.98. The van der Waals surface area contributed by atoms with Crippen molar-refractivity contribution in [1.82, 2.24) is 9.55 Å². The van der Waals surface area contributed by atoms with Crippen molar-refractivity contribution in [3.63, 3.8) is 0 Å². The van der Waals surface area contributed by atoms with Gasteiger partial charge in [-0.15, -0.1) is 22.7 Å². The number of thioether (sulfide) groups is 1. The van der Waals surface area contributed by atoms with Crippen LogP contribution in [0, 0.1) is 0 Å². The van der Waals surface area contributed by atoms with Gasteiger partial charge in [-0.25, -0.2) is 4.98 Å². The molecule has 0 unspecified atom stereocenters. The minimum absolute atomic E-state index is 0.0110. The summed E-state index contributed by atoms with van der Waals surface area (Å²) < 4.78 is 6.84. The third-order valence-electron chi connectivity index (χ3n) is 4.09. The van der Waals surface area contributed by atoms with Crippen LogP contribution in [0.25, 0.3) is 20.7 Å². The summed E-state index contributed by atoms with van der Waals surface area (Å²) in [7, 11) is 3.45. The Hall–Kier alpha value is -2.09. The summed E-state index contributed by atoms with van der Waals surface area (Å²) in [5, 5.41) is 5.50. The Labute approximate surface area is 163 Å². The smallest absolute Gasteiger partial charge is 0.263 e. The molecule has 3 aromatic heterocycles. The summed E-state index contributed by atoms with van der Waals surface area (Å²) in [4.78, 5) is 19.6. The number of rotatable bonds is 5. The van der Waals surface area contributed by atoms with Crippen molar-refractivity contribution < 1.29 is 4.74 Å². The first-order valence-electron chi connectivity index (χ1n) is 7.95. The molecule has 1 aromatic carbocycles. The van der Waals surface area contributed by atoms with Crippen molar-refractivity contribution in [2.45, 2.75) is 10.9 Å². The van der Waals surface area contributed by atoms with Crippen molar-refractivity contribution >= 4 is 44.7 Å². The van der Waals surface area contributed by atoms with Crippen LogP contribution >= 0.6 is 34.4 Å². The van der Waals surface area contributed by atoms with E-state index in [1.807, 2.05) is 47.2 Å². The predicted octanol–water partition coefficient (Wildman–Crippen LogP) is 5.02. The number of hydrogen-bond acceptors (Lipinski definition) is 6. The van der Waals surface area contributed by atoms with Crippen LogP contribution in [0.1, 0.15) is 5.56 Å². The molecule has 4 aromatic rings. The lowest BCUT2D eigenvalue weighted by molar-refractivity contribution is 0.414. The average molecular weight is 401 g/mol. The van der Waals surface area contributed by atoms with Crippen molar-refractivity contribution in [1.29, 1.82) is 0 Å². The minimum atomic E-state index is 0.0110. The molecule has 132 valence electrons. The van der Waals surface area contributed by atoms with Gasteiger partial charge < -0.3 is 4.74 Å². The molecule has 4 nitrogen and oxygen atoms in total. The molecule has 26 heavy (non-hydrogen) atoms. The number of nitrogens with zero attached hydrogens (tertiary/aromatic N) is 2. The zero-order valence-corrected chi connectivity index (χ0v) is 16.7. The Kier molecular flexibility index (Phi) is 4.84. The van der Waals surface area contributed by atoms with E-state index >= 15 is 0 Å².